The average Bonchev–Trinajstić information content (AvgIpc) is 2.93. The van der Waals surface area contributed by atoms with Crippen LogP contribution >= 0.6 is 0 Å². The third kappa shape index (κ3) is 4.93. The molecule has 2 aliphatic rings. The summed E-state index contributed by atoms with van der Waals surface area (Å²) in [6.07, 6.45) is 3.06. The molecule has 2 fully saturated rings. The van der Waals surface area contributed by atoms with Gasteiger partial charge in [0.1, 0.15) is 5.75 Å². The third-order valence-electron chi connectivity index (χ3n) is 7.18. The van der Waals surface area contributed by atoms with Gasteiger partial charge < -0.3 is 14.5 Å². The number of nitrogens with zero attached hydrogens (tertiary/aromatic N) is 3. The van der Waals surface area contributed by atoms with Crippen molar-refractivity contribution in [3.05, 3.63) is 66.9 Å². The molecule has 0 radical (unpaired) electrons. The van der Waals surface area contributed by atoms with Gasteiger partial charge in [-0.1, -0.05) is 24.3 Å². The van der Waals surface area contributed by atoms with Crippen LogP contribution in [-0.2, 0) is 9.59 Å². The first kappa shape index (κ1) is 23.1. The molecule has 8 nitrogen and oxygen atoms in total. The highest BCUT2D eigenvalue weighted by molar-refractivity contribution is 5.88. The van der Waals surface area contributed by atoms with E-state index >= 15 is 0 Å². The number of nitrogens with one attached hydrogen (secondary N) is 1. The quantitative estimate of drug-likeness (QED) is 0.436. The Labute approximate surface area is 204 Å². The van der Waals surface area contributed by atoms with Gasteiger partial charge in [0.25, 0.3) is 0 Å². The lowest BCUT2D eigenvalue weighted by Crippen LogP contribution is -2.53. The zero-order valence-corrected chi connectivity index (χ0v) is 19.5. The third-order valence-corrected chi connectivity index (χ3v) is 7.18. The lowest BCUT2D eigenvalue weighted by molar-refractivity contribution is -0.148. The molecule has 2 aromatic carbocycles. The number of hydrogen-bond acceptors (Lipinski definition) is 6. The number of amides is 2. The summed E-state index contributed by atoms with van der Waals surface area (Å²) < 4.78 is 6.30. The molecule has 1 saturated carbocycles. The minimum atomic E-state index is -0.647. The van der Waals surface area contributed by atoms with Crippen LogP contribution in [0.25, 0.3) is 10.9 Å². The fourth-order valence-electron chi connectivity index (χ4n) is 5.32. The smallest absolute Gasteiger partial charge is 0.247 e. The molecule has 0 spiro atoms. The number of carbonyl (C=O) groups excluding carboxylic acids is 2. The molecule has 1 aromatic heterocycles. The minimum absolute atomic E-state index is 0.0147. The predicted molar refractivity (Wildman–Crippen MR) is 132 cm³/mol. The zero-order chi connectivity index (χ0) is 24.2. The number of benzene rings is 2. The van der Waals surface area contributed by atoms with E-state index in [4.69, 9.17) is 4.74 Å². The average molecular weight is 475 g/mol. The summed E-state index contributed by atoms with van der Waals surface area (Å²) in [6, 6.07) is 19.7. The number of piperazine rings is 1. The van der Waals surface area contributed by atoms with Gasteiger partial charge in [0.05, 0.1) is 23.5 Å². The lowest BCUT2D eigenvalue weighted by atomic mass is 9.76. The Morgan fingerprint density at radius 1 is 0.914 bits per heavy atom. The molecule has 0 bridgehead atoms. The van der Waals surface area contributed by atoms with Crippen molar-refractivity contribution in [3.8, 4) is 5.75 Å². The Bertz CT molecular complexity index is 1170. The van der Waals surface area contributed by atoms with Gasteiger partial charge in [0.15, 0.2) is 0 Å². The van der Waals surface area contributed by atoms with E-state index in [1.54, 1.807) is 11.7 Å². The number of anilines is 1. The first-order valence-corrected chi connectivity index (χ1v) is 12.2. The number of para-hydroxylation sites is 1. The Balaban J connectivity index is 1.25. The van der Waals surface area contributed by atoms with Gasteiger partial charge in [-0.25, -0.2) is 5.48 Å². The van der Waals surface area contributed by atoms with Crippen molar-refractivity contribution in [3.63, 3.8) is 0 Å². The number of fused-ring (bicyclic) bond motifs is 1. The van der Waals surface area contributed by atoms with Crippen LogP contribution in [0.2, 0.25) is 0 Å². The first-order valence-electron chi connectivity index (χ1n) is 12.2. The van der Waals surface area contributed by atoms with Crippen molar-refractivity contribution < 1.29 is 19.5 Å². The number of hydroxylamine groups is 1. The van der Waals surface area contributed by atoms with Crippen molar-refractivity contribution in [1.82, 2.24) is 15.4 Å². The Kier molecular flexibility index (Phi) is 6.81. The highest BCUT2D eigenvalue weighted by atomic mass is 16.5. The summed E-state index contributed by atoms with van der Waals surface area (Å²) in [4.78, 5) is 34.6. The van der Waals surface area contributed by atoms with Crippen LogP contribution < -0.4 is 15.1 Å². The molecule has 1 aliphatic carbocycles. The van der Waals surface area contributed by atoms with Crippen molar-refractivity contribution in [2.75, 3.05) is 31.1 Å². The van der Waals surface area contributed by atoms with Gasteiger partial charge in [-0.15, -0.1) is 0 Å². The summed E-state index contributed by atoms with van der Waals surface area (Å²) >= 11 is 0. The summed E-state index contributed by atoms with van der Waals surface area (Å²) in [5, 5.41) is 10.3. The van der Waals surface area contributed by atoms with Crippen molar-refractivity contribution in [2.24, 2.45) is 11.8 Å². The number of aromatic nitrogens is 1. The van der Waals surface area contributed by atoms with E-state index in [0.29, 0.717) is 38.1 Å². The molecule has 182 valence electrons. The second kappa shape index (κ2) is 10.3. The molecular formula is C27H30N4O4. The normalized spacial score (nSPS) is 22.6. The van der Waals surface area contributed by atoms with Crippen LogP contribution in [0.3, 0.4) is 0 Å². The van der Waals surface area contributed by atoms with Gasteiger partial charge in [0, 0.05) is 43.4 Å². The van der Waals surface area contributed by atoms with Crippen molar-refractivity contribution in [1.29, 1.82) is 0 Å². The van der Waals surface area contributed by atoms with Crippen LogP contribution in [-0.4, -0.2) is 59.2 Å². The Morgan fingerprint density at radius 3 is 2.49 bits per heavy atom. The van der Waals surface area contributed by atoms with Crippen molar-refractivity contribution in [2.45, 2.75) is 25.4 Å². The molecule has 3 unspecified atom stereocenters. The Hall–Kier alpha value is -3.65. The maximum absolute atomic E-state index is 13.5. The summed E-state index contributed by atoms with van der Waals surface area (Å²) in [5.74, 6) is -0.949. The molecule has 1 aliphatic heterocycles. The van der Waals surface area contributed by atoms with Crippen LogP contribution in [0.5, 0.6) is 5.75 Å². The molecule has 5 rings (SSSR count). The molecule has 35 heavy (non-hydrogen) atoms. The summed E-state index contributed by atoms with van der Waals surface area (Å²) in [5.41, 5.74) is 3.77. The maximum atomic E-state index is 13.5. The first-order chi connectivity index (χ1) is 17.1. The van der Waals surface area contributed by atoms with Crippen LogP contribution in [0, 0.1) is 11.8 Å². The fraction of sp³-hybridized carbons (Fsp3) is 0.370. The number of rotatable bonds is 5. The molecule has 2 amide bonds. The highest BCUT2D eigenvalue weighted by Crippen LogP contribution is 2.36. The zero-order valence-electron chi connectivity index (χ0n) is 19.5. The van der Waals surface area contributed by atoms with E-state index in [2.05, 4.69) is 22.0 Å². The van der Waals surface area contributed by atoms with Gasteiger partial charge >= 0.3 is 0 Å². The molecule has 3 aromatic rings. The van der Waals surface area contributed by atoms with Crippen LogP contribution in [0.1, 0.15) is 19.3 Å². The van der Waals surface area contributed by atoms with Crippen LogP contribution in [0.4, 0.5) is 5.69 Å². The largest absolute Gasteiger partial charge is 0.490 e. The predicted octanol–water partition coefficient (Wildman–Crippen LogP) is 3.25. The Morgan fingerprint density at radius 2 is 1.71 bits per heavy atom. The lowest BCUT2D eigenvalue weighted by Gasteiger charge is -2.40. The van der Waals surface area contributed by atoms with Crippen molar-refractivity contribution >= 4 is 28.4 Å². The number of pyridine rings is 1. The standard InChI is InChI=1S/C27H30N4O4/c32-26(29-34)23-18-20(35-25-10-4-9-24-22(25)8-5-13-28-24)11-12-21(23)27(33)31-16-14-30(15-17-31)19-6-2-1-3-7-19/h1-10,13,20-21,23,34H,11-12,14-18H2,(H,29,32). The SMILES string of the molecule is O=C(NO)C1CC(Oc2cccc3ncccc23)CCC1C(=O)N1CCN(c2ccccc2)CC1. The second-order valence-electron chi connectivity index (χ2n) is 9.22. The maximum Gasteiger partial charge on any atom is 0.247 e. The molecule has 3 atom stereocenters. The second-order valence-corrected chi connectivity index (χ2v) is 9.22. The van der Waals surface area contributed by atoms with E-state index in [9.17, 15) is 14.8 Å². The number of ether oxygens (including phenoxy) is 1. The molecule has 8 heteroatoms. The molecular weight excluding hydrogens is 444 g/mol. The summed E-state index contributed by atoms with van der Waals surface area (Å²) in [6.45, 7) is 2.72. The number of hydrogen-bond donors (Lipinski definition) is 2. The van der Waals surface area contributed by atoms with Gasteiger partial charge in [-0.3, -0.25) is 19.8 Å². The molecule has 2 heterocycles. The monoisotopic (exact) mass is 474 g/mol. The molecule has 1 saturated heterocycles. The summed E-state index contributed by atoms with van der Waals surface area (Å²) in [7, 11) is 0. The number of carbonyl (C=O) groups is 2. The van der Waals surface area contributed by atoms with Gasteiger partial charge in [-0.05, 0) is 55.7 Å². The van der Waals surface area contributed by atoms with Crippen LogP contribution in [0.15, 0.2) is 66.9 Å². The van der Waals surface area contributed by atoms with E-state index in [-0.39, 0.29) is 12.0 Å². The van der Waals surface area contributed by atoms with E-state index in [0.717, 1.165) is 29.7 Å². The topological polar surface area (TPSA) is 95.0 Å². The van der Waals surface area contributed by atoms with E-state index in [1.807, 2.05) is 53.4 Å². The highest BCUT2D eigenvalue weighted by Gasteiger charge is 2.42. The minimum Gasteiger partial charge on any atom is -0.490 e. The van der Waals surface area contributed by atoms with Gasteiger partial charge in [0.2, 0.25) is 11.8 Å². The van der Waals surface area contributed by atoms with Gasteiger partial charge in [-0.2, -0.15) is 0 Å². The molecule has 2 N–H and O–H groups in total. The fourth-order valence-corrected chi connectivity index (χ4v) is 5.32. The van der Waals surface area contributed by atoms with E-state index < -0.39 is 17.7 Å². The van der Waals surface area contributed by atoms with E-state index in [1.165, 1.54) is 0 Å².